The molecular formula is C23H27N3O2. The zero-order chi connectivity index (χ0) is 19.5. The SMILES string of the molecule is Cc1ccc(NC(=O)C(c2ccccc2)N2CCN(C(=O)C3CC3)CC2)cc1. The number of carbonyl (C=O) groups is 2. The van der Waals surface area contributed by atoms with Crippen molar-refractivity contribution in [2.45, 2.75) is 25.8 Å². The summed E-state index contributed by atoms with van der Waals surface area (Å²) in [4.78, 5) is 29.7. The Bertz CT molecular complexity index is 823. The average Bonchev–Trinajstić information content (AvgIpc) is 3.56. The number of hydrogen-bond acceptors (Lipinski definition) is 3. The van der Waals surface area contributed by atoms with E-state index in [9.17, 15) is 9.59 Å². The van der Waals surface area contributed by atoms with Gasteiger partial charge in [0, 0.05) is 37.8 Å². The maximum atomic E-state index is 13.2. The molecular weight excluding hydrogens is 350 g/mol. The van der Waals surface area contributed by atoms with Crippen LogP contribution in [0.15, 0.2) is 54.6 Å². The third kappa shape index (κ3) is 4.25. The number of piperazine rings is 1. The minimum absolute atomic E-state index is 0.0305. The predicted octanol–water partition coefficient (Wildman–Crippen LogP) is 3.23. The van der Waals surface area contributed by atoms with Crippen LogP contribution in [0.3, 0.4) is 0 Å². The summed E-state index contributed by atoms with van der Waals surface area (Å²) in [7, 11) is 0. The molecule has 0 spiro atoms. The molecule has 2 amide bonds. The Morgan fingerprint density at radius 1 is 0.929 bits per heavy atom. The van der Waals surface area contributed by atoms with Crippen molar-refractivity contribution in [3.05, 3.63) is 65.7 Å². The lowest BCUT2D eigenvalue weighted by molar-refractivity contribution is -0.135. The number of nitrogens with zero attached hydrogens (tertiary/aromatic N) is 2. The number of amides is 2. The lowest BCUT2D eigenvalue weighted by Crippen LogP contribution is -2.52. The molecule has 1 aliphatic heterocycles. The molecule has 0 aromatic heterocycles. The molecule has 4 rings (SSSR count). The van der Waals surface area contributed by atoms with E-state index in [2.05, 4.69) is 10.2 Å². The van der Waals surface area contributed by atoms with Crippen LogP contribution in [0.5, 0.6) is 0 Å². The van der Waals surface area contributed by atoms with E-state index in [0.29, 0.717) is 32.1 Å². The van der Waals surface area contributed by atoms with Gasteiger partial charge in [0.25, 0.3) is 0 Å². The van der Waals surface area contributed by atoms with Gasteiger partial charge in [-0.3, -0.25) is 14.5 Å². The summed E-state index contributed by atoms with van der Waals surface area (Å²) in [6.45, 7) is 4.83. The van der Waals surface area contributed by atoms with Crippen molar-refractivity contribution in [2.75, 3.05) is 31.5 Å². The number of nitrogens with one attached hydrogen (secondary N) is 1. The second-order valence-electron chi connectivity index (χ2n) is 7.80. The number of benzene rings is 2. The van der Waals surface area contributed by atoms with Gasteiger partial charge in [0.1, 0.15) is 6.04 Å². The Morgan fingerprint density at radius 3 is 2.18 bits per heavy atom. The second-order valence-corrected chi connectivity index (χ2v) is 7.80. The van der Waals surface area contributed by atoms with Crippen LogP contribution in [0.2, 0.25) is 0 Å². The van der Waals surface area contributed by atoms with E-state index >= 15 is 0 Å². The molecule has 1 heterocycles. The number of anilines is 1. The van der Waals surface area contributed by atoms with Gasteiger partial charge in [-0.2, -0.15) is 0 Å². The molecule has 5 heteroatoms. The van der Waals surface area contributed by atoms with Gasteiger partial charge in [0.15, 0.2) is 0 Å². The second kappa shape index (κ2) is 8.15. The molecule has 2 aromatic rings. The van der Waals surface area contributed by atoms with Crippen molar-refractivity contribution in [1.29, 1.82) is 0 Å². The molecule has 2 aliphatic rings. The summed E-state index contributed by atoms with van der Waals surface area (Å²) in [5.74, 6) is 0.512. The zero-order valence-electron chi connectivity index (χ0n) is 16.3. The van der Waals surface area contributed by atoms with Crippen molar-refractivity contribution in [2.24, 2.45) is 5.92 Å². The van der Waals surface area contributed by atoms with Crippen molar-refractivity contribution in [3.8, 4) is 0 Å². The molecule has 146 valence electrons. The molecule has 1 N–H and O–H groups in total. The van der Waals surface area contributed by atoms with Crippen molar-refractivity contribution >= 4 is 17.5 Å². The van der Waals surface area contributed by atoms with Crippen LogP contribution in [-0.4, -0.2) is 47.8 Å². The van der Waals surface area contributed by atoms with E-state index < -0.39 is 0 Å². The Hall–Kier alpha value is -2.66. The van der Waals surface area contributed by atoms with E-state index in [1.807, 2.05) is 66.4 Å². The van der Waals surface area contributed by atoms with E-state index in [0.717, 1.165) is 29.7 Å². The van der Waals surface area contributed by atoms with Crippen molar-refractivity contribution in [3.63, 3.8) is 0 Å². The molecule has 28 heavy (non-hydrogen) atoms. The molecule has 1 atom stereocenters. The monoisotopic (exact) mass is 377 g/mol. The molecule has 1 saturated heterocycles. The van der Waals surface area contributed by atoms with E-state index in [1.165, 1.54) is 0 Å². The van der Waals surface area contributed by atoms with Gasteiger partial charge in [0.05, 0.1) is 0 Å². The molecule has 0 bridgehead atoms. The third-order valence-electron chi connectivity index (χ3n) is 5.60. The first-order valence-electron chi connectivity index (χ1n) is 10.1. The summed E-state index contributed by atoms with van der Waals surface area (Å²) in [6.07, 6.45) is 2.06. The molecule has 2 aromatic carbocycles. The number of aryl methyl sites for hydroxylation is 1. The van der Waals surface area contributed by atoms with Crippen LogP contribution in [0.25, 0.3) is 0 Å². The molecule has 1 saturated carbocycles. The van der Waals surface area contributed by atoms with Gasteiger partial charge in [-0.1, -0.05) is 48.0 Å². The Kier molecular flexibility index (Phi) is 5.44. The van der Waals surface area contributed by atoms with Gasteiger partial charge in [0.2, 0.25) is 11.8 Å². The highest BCUT2D eigenvalue weighted by molar-refractivity contribution is 5.95. The number of carbonyl (C=O) groups excluding carboxylic acids is 2. The molecule has 5 nitrogen and oxygen atoms in total. The lowest BCUT2D eigenvalue weighted by Gasteiger charge is -2.39. The lowest BCUT2D eigenvalue weighted by atomic mass is 10.0. The standard InChI is InChI=1S/C23H27N3O2/c1-17-7-11-20(12-8-17)24-22(27)21(18-5-3-2-4-6-18)25-13-15-26(16-14-25)23(28)19-9-10-19/h2-8,11-12,19,21H,9-10,13-16H2,1H3,(H,24,27). The largest absolute Gasteiger partial charge is 0.340 e. The van der Waals surface area contributed by atoms with Crippen LogP contribution < -0.4 is 5.32 Å². The van der Waals surface area contributed by atoms with Gasteiger partial charge in [-0.15, -0.1) is 0 Å². The maximum Gasteiger partial charge on any atom is 0.246 e. The normalized spacial score (nSPS) is 18.5. The van der Waals surface area contributed by atoms with Gasteiger partial charge in [-0.25, -0.2) is 0 Å². The van der Waals surface area contributed by atoms with Crippen molar-refractivity contribution < 1.29 is 9.59 Å². The minimum Gasteiger partial charge on any atom is -0.340 e. The maximum absolute atomic E-state index is 13.2. The number of rotatable bonds is 5. The Morgan fingerprint density at radius 2 is 1.57 bits per heavy atom. The highest BCUT2D eigenvalue weighted by atomic mass is 16.2. The van der Waals surface area contributed by atoms with E-state index in [1.54, 1.807) is 0 Å². The predicted molar refractivity (Wildman–Crippen MR) is 110 cm³/mol. The summed E-state index contributed by atoms with van der Waals surface area (Å²) >= 11 is 0. The zero-order valence-corrected chi connectivity index (χ0v) is 16.3. The Labute approximate surface area is 166 Å². The van der Waals surface area contributed by atoms with Crippen LogP contribution in [0.4, 0.5) is 5.69 Å². The summed E-state index contributed by atoms with van der Waals surface area (Å²) < 4.78 is 0. The third-order valence-corrected chi connectivity index (χ3v) is 5.60. The average molecular weight is 377 g/mol. The molecule has 0 radical (unpaired) electrons. The first-order valence-corrected chi connectivity index (χ1v) is 10.1. The molecule has 2 fully saturated rings. The van der Waals surface area contributed by atoms with Gasteiger partial charge >= 0.3 is 0 Å². The summed E-state index contributed by atoms with van der Waals surface area (Å²) in [5, 5.41) is 3.07. The van der Waals surface area contributed by atoms with Crippen molar-refractivity contribution in [1.82, 2.24) is 9.80 Å². The van der Waals surface area contributed by atoms with Crippen LogP contribution in [0.1, 0.15) is 30.0 Å². The van der Waals surface area contributed by atoms with Gasteiger partial charge in [-0.05, 0) is 37.5 Å². The Balaban J connectivity index is 1.48. The highest BCUT2D eigenvalue weighted by Gasteiger charge is 2.36. The van der Waals surface area contributed by atoms with Crippen LogP contribution in [0, 0.1) is 12.8 Å². The fourth-order valence-electron chi connectivity index (χ4n) is 3.80. The highest BCUT2D eigenvalue weighted by Crippen LogP contribution is 2.32. The fraction of sp³-hybridized carbons (Fsp3) is 0.391. The van der Waals surface area contributed by atoms with Crippen LogP contribution >= 0.6 is 0 Å². The summed E-state index contributed by atoms with van der Waals surface area (Å²) in [5.41, 5.74) is 2.95. The quantitative estimate of drug-likeness (QED) is 0.870. The first kappa shape index (κ1) is 18.7. The molecule has 1 unspecified atom stereocenters. The smallest absolute Gasteiger partial charge is 0.246 e. The molecule has 1 aliphatic carbocycles. The van der Waals surface area contributed by atoms with E-state index in [4.69, 9.17) is 0 Å². The van der Waals surface area contributed by atoms with E-state index in [-0.39, 0.29) is 17.9 Å². The first-order chi connectivity index (χ1) is 13.6. The van der Waals surface area contributed by atoms with Gasteiger partial charge < -0.3 is 10.2 Å². The van der Waals surface area contributed by atoms with Crippen LogP contribution in [-0.2, 0) is 9.59 Å². The minimum atomic E-state index is -0.360. The topological polar surface area (TPSA) is 52.7 Å². The fourth-order valence-corrected chi connectivity index (χ4v) is 3.80. The number of hydrogen-bond donors (Lipinski definition) is 1. The summed E-state index contributed by atoms with van der Waals surface area (Å²) in [6, 6.07) is 17.4.